The molecule has 0 aliphatic heterocycles. The minimum Gasteiger partial charge on any atom is -0.464 e. The van der Waals surface area contributed by atoms with Gasteiger partial charge in [0, 0.05) is 0 Å². The van der Waals surface area contributed by atoms with Crippen molar-refractivity contribution in [2.75, 3.05) is 13.2 Å². The molecule has 0 aromatic carbocycles. The summed E-state index contributed by atoms with van der Waals surface area (Å²) in [6.07, 6.45) is -0.655. The van der Waals surface area contributed by atoms with E-state index in [1.165, 1.54) is 0 Å². The van der Waals surface area contributed by atoms with Crippen LogP contribution in [-0.2, 0) is 14.3 Å². The maximum absolute atomic E-state index is 10.9. The average molecular weight is 254 g/mol. The SMILES string of the molecule is CCOC(=O)NC(Br)C(=O)OCC. The fourth-order valence-electron chi connectivity index (χ4n) is 0.551. The summed E-state index contributed by atoms with van der Waals surface area (Å²) in [7, 11) is 0. The van der Waals surface area contributed by atoms with Crippen molar-refractivity contribution in [1.82, 2.24) is 5.32 Å². The van der Waals surface area contributed by atoms with Crippen LogP contribution in [0.4, 0.5) is 4.79 Å². The van der Waals surface area contributed by atoms with E-state index < -0.39 is 17.0 Å². The van der Waals surface area contributed by atoms with Crippen molar-refractivity contribution in [3.8, 4) is 0 Å². The van der Waals surface area contributed by atoms with Crippen molar-refractivity contribution >= 4 is 28.0 Å². The van der Waals surface area contributed by atoms with E-state index in [0.29, 0.717) is 0 Å². The van der Waals surface area contributed by atoms with E-state index >= 15 is 0 Å². The molecule has 1 amide bonds. The molecular formula is C7H12BrNO4. The molecule has 0 aliphatic carbocycles. The van der Waals surface area contributed by atoms with Gasteiger partial charge >= 0.3 is 12.1 Å². The quantitative estimate of drug-likeness (QED) is 0.462. The smallest absolute Gasteiger partial charge is 0.408 e. The van der Waals surface area contributed by atoms with Gasteiger partial charge in [0.25, 0.3) is 0 Å². The molecule has 0 aliphatic rings. The van der Waals surface area contributed by atoms with Crippen LogP contribution in [0.2, 0.25) is 0 Å². The Morgan fingerprint density at radius 3 is 2.31 bits per heavy atom. The molecule has 0 aromatic rings. The van der Waals surface area contributed by atoms with Crippen LogP contribution in [0.5, 0.6) is 0 Å². The number of alkyl halides is 1. The van der Waals surface area contributed by atoms with Gasteiger partial charge < -0.3 is 9.47 Å². The average Bonchev–Trinajstić information content (AvgIpc) is 2.05. The maximum atomic E-state index is 10.9. The van der Waals surface area contributed by atoms with E-state index in [1.54, 1.807) is 13.8 Å². The van der Waals surface area contributed by atoms with Crippen molar-refractivity contribution in [3.05, 3.63) is 0 Å². The molecule has 1 N–H and O–H groups in total. The van der Waals surface area contributed by atoms with Gasteiger partial charge in [0.15, 0.2) is 4.95 Å². The third kappa shape index (κ3) is 5.46. The van der Waals surface area contributed by atoms with Gasteiger partial charge in [-0.1, -0.05) is 15.9 Å². The molecule has 0 spiro atoms. The van der Waals surface area contributed by atoms with Crippen molar-refractivity contribution in [3.63, 3.8) is 0 Å². The van der Waals surface area contributed by atoms with E-state index in [2.05, 4.69) is 30.7 Å². The highest BCUT2D eigenvalue weighted by Crippen LogP contribution is 1.98. The normalized spacial score (nSPS) is 11.6. The van der Waals surface area contributed by atoms with Crippen LogP contribution < -0.4 is 5.32 Å². The van der Waals surface area contributed by atoms with Crippen LogP contribution in [0, 0.1) is 0 Å². The fourth-order valence-corrected chi connectivity index (χ4v) is 0.870. The lowest BCUT2D eigenvalue weighted by Gasteiger charge is -2.10. The summed E-state index contributed by atoms with van der Waals surface area (Å²) in [5.41, 5.74) is 0. The van der Waals surface area contributed by atoms with E-state index in [1.807, 2.05) is 0 Å². The lowest BCUT2D eigenvalue weighted by Crippen LogP contribution is -2.37. The molecule has 1 unspecified atom stereocenters. The molecule has 0 saturated heterocycles. The van der Waals surface area contributed by atoms with Gasteiger partial charge in [0.1, 0.15) is 0 Å². The van der Waals surface area contributed by atoms with Crippen LogP contribution in [0.1, 0.15) is 13.8 Å². The Hall–Kier alpha value is -0.780. The number of amides is 1. The van der Waals surface area contributed by atoms with Crippen molar-refractivity contribution in [2.24, 2.45) is 0 Å². The number of carbonyl (C=O) groups is 2. The molecule has 0 fully saturated rings. The zero-order valence-electron chi connectivity index (χ0n) is 7.50. The van der Waals surface area contributed by atoms with Crippen molar-refractivity contribution in [1.29, 1.82) is 0 Å². The molecule has 76 valence electrons. The Kier molecular flexibility index (Phi) is 6.30. The lowest BCUT2D eigenvalue weighted by molar-refractivity contribution is -0.142. The van der Waals surface area contributed by atoms with Gasteiger partial charge in [0.2, 0.25) is 0 Å². The molecule has 6 heteroatoms. The maximum Gasteiger partial charge on any atom is 0.408 e. The Bertz CT molecular complexity index is 185. The summed E-state index contributed by atoms with van der Waals surface area (Å²) >= 11 is 2.93. The number of hydrogen-bond donors (Lipinski definition) is 1. The first kappa shape index (κ1) is 12.2. The predicted molar refractivity (Wildman–Crippen MR) is 49.5 cm³/mol. The highest BCUT2D eigenvalue weighted by atomic mass is 79.9. The summed E-state index contributed by atoms with van der Waals surface area (Å²) in [5, 5.41) is 2.25. The molecule has 0 rings (SSSR count). The van der Waals surface area contributed by atoms with Crippen molar-refractivity contribution in [2.45, 2.75) is 18.8 Å². The first-order chi connectivity index (χ1) is 6.11. The molecule has 13 heavy (non-hydrogen) atoms. The van der Waals surface area contributed by atoms with Crippen LogP contribution in [-0.4, -0.2) is 30.2 Å². The zero-order valence-corrected chi connectivity index (χ0v) is 9.09. The lowest BCUT2D eigenvalue weighted by atomic mass is 10.6. The number of carbonyl (C=O) groups excluding carboxylic acids is 2. The third-order valence-electron chi connectivity index (χ3n) is 1.01. The molecule has 0 radical (unpaired) electrons. The predicted octanol–water partition coefficient (Wildman–Crippen LogP) is 1.02. The fraction of sp³-hybridized carbons (Fsp3) is 0.714. The molecule has 0 aromatic heterocycles. The second-order valence-electron chi connectivity index (χ2n) is 1.98. The van der Waals surface area contributed by atoms with E-state index in [4.69, 9.17) is 0 Å². The summed E-state index contributed by atoms with van der Waals surface area (Å²) < 4.78 is 9.18. The topological polar surface area (TPSA) is 64.6 Å². The second-order valence-corrected chi connectivity index (χ2v) is 2.90. The van der Waals surface area contributed by atoms with Gasteiger partial charge in [-0.25, -0.2) is 9.59 Å². The van der Waals surface area contributed by atoms with E-state index in [9.17, 15) is 9.59 Å². The number of nitrogens with one attached hydrogen (secondary N) is 1. The van der Waals surface area contributed by atoms with Gasteiger partial charge in [0.05, 0.1) is 13.2 Å². The monoisotopic (exact) mass is 253 g/mol. The molecule has 0 heterocycles. The Labute approximate surface area is 84.9 Å². The van der Waals surface area contributed by atoms with Crippen LogP contribution in [0.3, 0.4) is 0 Å². The summed E-state index contributed by atoms with van der Waals surface area (Å²) in [6, 6.07) is 0. The number of rotatable bonds is 4. The number of halogens is 1. The molecular weight excluding hydrogens is 242 g/mol. The first-order valence-corrected chi connectivity index (χ1v) is 4.77. The molecule has 1 atom stereocenters. The first-order valence-electron chi connectivity index (χ1n) is 3.85. The largest absolute Gasteiger partial charge is 0.464 e. The molecule has 0 bridgehead atoms. The number of ether oxygens (including phenoxy) is 2. The van der Waals surface area contributed by atoms with Crippen molar-refractivity contribution < 1.29 is 19.1 Å². The Morgan fingerprint density at radius 1 is 1.31 bits per heavy atom. The third-order valence-corrected chi connectivity index (χ3v) is 1.62. The van der Waals surface area contributed by atoms with Gasteiger partial charge in [-0.05, 0) is 13.8 Å². The van der Waals surface area contributed by atoms with E-state index in [0.717, 1.165) is 0 Å². The van der Waals surface area contributed by atoms with E-state index in [-0.39, 0.29) is 13.2 Å². The van der Waals surface area contributed by atoms with Gasteiger partial charge in [-0.15, -0.1) is 0 Å². The van der Waals surface area contributed by atoms with Crippen LogP contribution in [0.15, 0.2) is 0 Å². The highest BCUT2D eigenvalue weighted by molar-refractivity contribution is 9.10. The molecule has 0 saturated carbocycles. The van der Waals surface area contributed by atoms with Crippen LogP contribution in [0.25, 0.3) is 0 Å². The second kappa shape index (κ2) is 6.71. The van der Waals surface area contributed by atoms with Crippen LogP contribution >= 0.6 is 15.9 Å². The molecule has 5 nitrogen and oxygen atoms in total. The highest BCUT2D eigenvalue weighted by Gasteiger charge is 2.18. The van der Waals surface area contributed by atoms with Gasteiger partial charge in [-0.3, -0.25) is 5.32 Å². The standard InChI is InChI=1S/C7H12BrNO4/c1-3-12-6(10)5(8)9-7(11)13-4-2/h5H,3-4H2,1-2H3,(H,9,11). The number of hydrogen-bond acceptors (Lipinski definition) is 4. The number of esters is 1. The minimum absolute atomic E-state index is 0.258. The summed E-state index contributed by atoms with van der Waals surface area (Å²) in [6.45, 7) is 3.88. The summed E-state index contributed by atoms with van der Waals surface area (Å²) in [4.78, 5) is 20.9. The van der Waals surface area contributed by atoms with Gasteiger partial charge in [-0.2, -0.15) is 0 Å². The zero-order chi connectivity index (χ0) is 10.3. The minimum atomic E-state index is -0.855. The Morgan fingerprint density at radius 2 is 1.85 bits per heavy atom. The number of alkyl carbamates (subject to hydrolysis) is 1. The Balaban J connectivity index is 3.78. The summed E-state index contributed by atoms with van der Waals surface area (Å²) in [5.74, 6) is -0.546.